The number of halogens is 1. The van der Waals surface area contributed by atoms with E-state index < -0.39 is 0 Å². The van der Waals surface area contributed by atoms with E-state index in [0.29, 0.717) is 22.8 Å². The SMILES string of the molecule is N=C(Cl)c1cc(Nc2ccnc(N)n2)ccc1N. The average Bonchev–Trinajstić information content (AvgIpc) is 2.31. The monoisotopic (exact) mass is 262 g/mol. The van der Waals surface area contributed by atoms with Gasteiger partial charge in [-0.05, 0) is 24.3 Å². The number of nitrogens with zero attached hydrogens (tertiary/aromatic N) is 2. The minimum Gasteiger partial charge on any atom is -0.398 e. The third kappa shape index (κ3) is 2.67. The van der Waals surface area contributed by atoms with E-state index in [9.17, 15) is 0 Å². The van der Waals surface area contributed by atoms with Crippen LogP contribution in [0.15, 0.2) is 30.5 Å². The fraction of sp³-hybridized carbons (Fsp3) is 0. The highest BCUT2D eigenvalue weighted by Crippen LogP contribution is 2.22. The standard InChI is InChI=1S/C11H11ClN6/c12-10(14)7-5-6(1-2-8(7)13)17-9-3-4-16-11(15)18-9/h1-5,14H,13H2,(H3,15,16,17,18). The lowest BCUT2D eigenvalue weighted by atomic mass is 10.1. The van der Waals surface area contributed by atoms with Crippen molar-refractivity contribution in [1.29, 1.82) is 5.41 Å². The first-order valence-corrected chi connectivity index (χ1v) is 5.43. The van der Waals surface area contributed by atoms with Gasteiger partial charge in [0.1, 0.15) is 11.0 Å². The second-order valence-corrected chi connectivity index (χ2v) is 3.92. The van der Waals surface area contributed by atoms with Crippen LogP contribution in [-0.4, -0.2) is 15.1 Å². The summed E-state index contributed by atoms with van der Waals surface area (Å²) in [6.07, 6.45) is 1.55. The first-order valence-electron chi connectivity index (χ1n) is 5.06. The Hall–Kier alpha value is -2.34. The lowest BCUT2D eigenvalue weighted by Crippen LogP contribution is -2.02. The Morgan fingerprint density at radius 3 is 2.72 bits per heavy atom. The molecule has 2 rings (SSSR count). The molecule has 0 aliphatic heterocycles. The summed E-state index contributed by atoms with van der Waals surface area (Å²) in [5, 5.41) is 10.3. The molecule has 0 saturated heterocycles. The van der Waals surface area contributed by atoms with Crippen LogP contribution in [0.5, 0.6) is 0 Å². The number of benzene rings is 1. The van der Waals surface area contributed by atoms with Crippen molar-refractivity contribution in [1.82, 2.24) is 9.97 Å². The molecule has 6 N–H and O–H groups in total. The van der Waals surface area contributed by atoms with Crippen LogP contribution in [0.3, 0.4) is 0 Å². The predicted octanol–water partition coefficient (Wildman–Crippen LogP) is 1.95. The molecular weight excluding hydrogens is 252 g/mol. The number of aromatic nitrogens is 2. The van der Waals surface area contributed by atoms with Crippen LogP contribution in [-0.2, 0) is 0 Å². The highest BCUT2D eigenvalue weighted by Gasteiger charge is 2.05. The van der Waals surface area contributed by atoms with E-state index in [2.05, 4.69) is 15.3 Å². The van der Waals surface area contributed by atoms with Gasteiger partial charge in [-0.25, -0.2) is 4.98 Å². The van der Waals surface area contributed by atoms with Gasteiger partial charge in [0.05, 0.1) is 0 Å². The Labute approximate surface area is 109 Å². The Morgan fingerprint density at radius 2 is 2.06 bits per heavy atom. The van der Waals surface area contributed by atoms with Gasteiger partial charge >= 0.3 is 0 Å². The summed E-state index contributed by atoms with van der Waals surface area (Å²) in [5.74, 6) is 0.736. The number of nitrogen functional groups attached to an aromatic ring is 2. The van der Waals surface area contributed by atoms with Crippen LogP contribution in [0, 0.1) is 5.41 Å². The van der Waals surface area contributed by atoms with E-state index in [1.165, 1.54) is 0 Å². The summed E-state index contributed by atoms with van der Waals surface area (Å²) >= 11 is 5.64. The summed E-state index contributed by atoms with van der Waals surface area (Å²) in [4.78, 5) is 7.80. The van der Waals surface area contributed by atoms with Crippen LogP contribution >= 0.6 is 11.6 Å². The molecule has 2 aromatic rings. The predicted molar refractivity (Wildman–Crippen MR) is 73.3 cm³/mol. The Morgan fingerprint density at radius 1 is 1.28 bits per heavy atom. The van der Waals surface area contributed by atoms with Crippen molar-refractivity contribution in [2.45, 2.75) is 0 Å². The molecule has 92 valence electrons. The molecule has 0 fully saturated rings. The molecule has 0 unspecified atom stereocenters. The highest BCUT2D eigenvalue weighted by atomic mass is 35.5. The van der Waals surface area contributed by atoms with Crippen LogP contribution in [0.2, 0.25) is 0 Å². The molecule has 0 amide bonds. The first kappa shape index (κ1) is 12.1. The molecule has 0 bridgehead atoms. The molecule has 0 atom stereocenters. The maximum Gasteiger partial charge on any atom is 0.221 e. The summed E-state index contributed by atoms with van der Waals surface area (Å²) < 4.78 is 0. The molecule has 0 aliphatic rings. The molecule has 0 aliphatic carbocycles. The van der Waals surface area contributed by atoms with Crippen molar-refractivity contribution in [3.63, 3.8) is 0 Å². The minimum absolute atomic E-state index is 0.113. The van der Waals surface area contributed by atoms with Crippen LogP contribution < -0.4 is 16.8 Å². The molecule has 7 heteroatoms. The van der Waals surface area contributed by atoms with Crippen molar-refractivity contribution >= 4 is 39.9 Å². The summed E-state index contributed by atoms with van der Waals surface area (Å²) in [6.45, 7) is 0. The maximum atomic E-state index is 7.40. The zero-order valence-electron chi connectivity index (χ0n) is 9.31. The molecule has 0 spiro atoms. The maximum absolute atomic E-state index is 7.40. The zero-order valence-corrected chi connectivity index (χ0v) is 10.1. The highest BCUT2D eigenvalue weighted by molar-refractivity contribution is 6.69. The van der Waals surface area contributed by atoms with Gasteiger partial charge in [0.15, 0.2) is 0 Å². The largest absolute Gasteiger partial charge is 0.398 e. The molecular formula is C11H11ClN6. The van der Waals surface area contributed by atoms with E-state index >= 15 is 0 Å². The smallest absolute Gasteiger partial charge is 0.221 e. The quantitative estimate of drug-likeness (QED) is 0.499. The average molecular weight is 263 g/mol. The van der Waals surface area contributed by atoms with Crippen molar-refractivity contribution in [3.05, 3.63) is 36.0 Å². The van der Waals surface area contributed by atoms with Crippen molar-refractivity contribution in [3.8, 4) is 0 Å². The first-order chi connectivity index (χ1) is 8.56. The Kier molecular flexibility index (Phi) is 3.29. The van der Waals surface area contributed by atoms with Crippen molar-refractivity contribution in [2.75, 3.05) is 16.8 Å². The van der Waals surface area contributed by atoms with Gasteiger partial charge in [0.25, 0.3) is 0 Å². The fourth-order valence-electron chi connectivity index (χ4n) is 1.42. The van der Waals surface area contributed by atoms with Gasteiger partial charge in [-0.15, -0.1) is 0 Å². The number of nitrogens with one attached hydrogen (secondary N) is 2. The van der Waals surface area contributed by atoms with Gasteiger partial charge in [-0.1, -0.05) is 11.6 Å². The summed E-state index contributed by atoms with van der Waals surface area (Å²) in [7, 11) is 0. The van der Waals surface area contributed by atoms with Crippen molar-refractivity contribution in [2.24, 2.45) is 0 Å². The zero-order chi connectivity index (χ0) is 13.1. The van der Waals surface area contributed by atoms with Gasteiger partial charge in [-0.3, -0.25) is 5.41 Å². The van der Waals surface area contributed by atoms with E-state index in [1.54, 1.807) is 30.5 Å². The molecule has 1 heterocycles. The summed E-state index contributed by atoms with van der Waals surface area (Å²) in [6, 6.07) is 6.78. The third-order valence-corrected chi connectivity index (χ3v) is 2.44. The van der Waals surface area contributed by atoms with Crippen molar-refractivity contribution < 1.29 is 0 Å². The van der Waals surface area contributed by atoms with Gasteiger partial charge < -0.3 is 16.8 Å². The van der Waals surface area contributed by atoms with Gasteiger partial charge in [-0.2, -0.15) is 4.98 Å². The molecule has 6 nitrogen and oxygen atoms in total. The lowest BCUT2D eigenvalue weighted by molar-refractivity contribution is 1.18. The Bertz CT molecular complexity index is 598. The lowest BCUT2D eigenvalue weighted by Gasteiger charge is -2.08. The van der Waals surface area contributed by atoms with Gasteiger partial charge in [0, 0.05) is 23.1 Å². The normalized spacial score (nSPS) is 10.1. The number of hydrogen-bond donors (Lipinski definition) is 4. The van der Waals surface area contributed by atoms with E-state index in [-0.39, 0.29) is 11.1 Å². The fourth-order valence-corrected chi connectivity index (χ4v) is 1.58. The molecule has 1 aromatic heterocycles. The third-order valence-electron chi connectivity index (χ3n) is 2.24. The number of anilines is 4. The topological polar surface area (TPSA) is 114 Å². The molecule has 18 heavy (non-hydrogen) atoms. The Balaban J connectivity index is 2.30. The van der Waals surface area contributed by atoms with Crippen LogP contribution in [0.1, 0.15) is 5.56 Å². The minimum atomic E-state index is -0.113. The van der Waals surface area contributed by atoms with Crippen LogP contribution in [0.25, 0.3) is 0 Å². The van der Waals surface area contributed by atoms with E-state index in [4.69, 9.17) is 28.5 Å². The molecule has 1 aromatic carbocycles. The second kappa shape index (κ2) is 4.89. The summed E-state index contributed by atoms with van der Waals surface area (Å²) in [5.41, 5.74) is 12.8. The number of hydrogen-bond acceptors (Lipinski definition) is 6. The van der Waals surface area contributed by atoms with Crippen LogP contribution in [0.4, 0.5) is 23.1 Å². The molecule has 0 saturated carbocycles. The van der Waals surface area contributed by atoms with Gasteiger partial charge in [0.2, 0.25) is 5.95 Å². The number of nitrogens with two attached hydrogens (primary N) is 2. The number of rotatable bonds is 3. The van der Waals surface area contributed by atoms with E-state index in [0.717, 1.165) is 0 Å². The molecule has 0 radical (unpaired) electrons. The van der Waals surface area contributed by atoms with E-state index in [1.807, 2.05) is 0 Å². The second-order valence-electron chi connectivity index (χ2n) is 3.54.